The molecule has 5 heteroatoms. The highest BCUT2D eigenvalue weighted by molar-refractivity contribution is 5.47. The molecule has 0 bridgehead atoms. The lowest BCUT2D eigenvalue weighted by molar-refractivity contribution is 0.637. The Kier molecular flexibility index (Phi) is 3.59. The molecule has 0 spiro atoms. The second-order valence-corrected chi connectivity index (χ2v) is 4.02. The SMILES string of the molecule is CN(CCCn1ccnc1)c1ccc(N)nc1. The van der Waals surface area contributed by atoms with Gasteiger partial charge in [0.1, 0.15) is 5.82 Å². The van der Waals surface area contributed by atoms with E-state index in [0.717, 1.165) is 25.2 Å². The first-order chi connectivity index (χ1) is 8.25. The van der Waals surface area contributed by atoms with Crippen LogP contribution >= 0.6 is 0 Å². The summed E-state index contributed by atoms with van der Waals surface area (Å²) in [4.78, 5) is 10.3. The Labute approximate surface area is 101 Å². The fourth-order valence-electron chi connectivity index (χ4n) is 1.66. The van der Waals surface area contributed by atoms with Crippen molar-refractivity contribution in [1.82, 2.24) is 14.5 Å². The molecule has 90 valence electrons. The maximum Gasteiger partial charge on any atom is 0.123 e. The Bertz CT molecular complexity index is 434. The van der Waals surface area contributed by atoms with Gasteiger partial charge in [0, 0.05) is 32.5 Å². The first-order valence-corrected chi connectivity index (χ1v) is 5.64. The van der Waals surface area contributed by atoms with Crippen LogP contribution in [0.1, 0.15) is 6.42 Å². The van der Waals surface area contributed by atoms with Crippen LogP contribution in [0.4, 0.5) is 11.5 Å². The van der Waals surface area contributed by atoms with Crippen molar-refractivity contribution in [3.63, 3.8) is 0 Å². The Hall–Kier alpha value is -2.04. The molecular formula is C12H17N5. The van der Waals surface area contributed by atoms with E-state index in [2.05, 4.69) is 26.5 Å². The summed E-state index contributed by atoms with van der Waals surface area (Å²) in [6, 6.07) is 3.81. The minimum Gasteiger partial charge on any atom is -0.384 e. The number of nitrogens with two attached hydrogens (primary N) is 1. The van der Waals surface area contributed by atoms with Crippen LogP contribution in [0.25, 0.3) is 0 Å². The van der Waals surface area contributed by atoms with Crippen LogP contribution in [0.2, 0.25) is 0 Å². The Morgan fingerprint density at radius 3 is 2.94 bits per heavy atom. The van der Waals surface area contributed by atoms with E-state index in [1.807, 2.05) is 24.7 Å². The molecule has 0 aliphatic carbocycles. The smallest absolute Gasteiger partial charge is 0.123 e. The van der Waals surface area contributed by atoms with E-state index in [9.17, 15) is 0 Å². The third-order valence-electron chi connectivity index (χ3n) is 2.68. The number of hydrogen-bond acceptors (Lipinski definition) is 4. The summed E-state index contributed by atoms with van der Waals surface area (Å²) in [6.45, 7) is 1.95. The van der Waals surface area contributed by atoms with E-state index in [0.29, 0.717) is 5.82 Å². The van der Waals surface area contributed by atoms with Gasteiger partial charge in [0.2, 0.25) is 0 Å². The number of rotatable bonds is 5. The van der Waals surface area contributed by atoms with E-state index in [4.69, 9.17) is 5.73 Å². The minimum atomic E-state index is 0.556. The van der Waals surface area contributed by atoms with Crippen LogP contribution in [-0.4, -0.2) is 28.1 Å². The number of aromatic nitrogens is 3. The molecular weight excluding hydrogens is 214 g/mol. The largest absolute Gasteiger partial charge is 0.384 e. The van der Waals surface area contributed by atoms with Crippen molar-refractivity contribution in [3.8, 4) is 0 Å². The molecule has 2 rings (SSSR count). The normalized spacial score (nSPS) is 10.4. The molecule has 2 heterocycles. The number of nitrogens with zero attached hydrogens (tertiary/aromatic N) is 4. The van der Waals surface area contributed by atoms with Gasteiger partial charge in [-0.25, -0.2) is 9.97 Å². The van der Waals surface area contributed by atoms with Crippen LogP contribution < -0.4 is 10.6 Å². The molecule has 0 aliphatic rings. The third kappa shape index (κ3) is 3.21. The van der Waals surface area contributed by atoms with Gasteiger partial charge in [0.25, 0.3) is 0 Å². The summed E-state index contributed by atoms with van der Waals surface area (Å²) >= 11 is 0. The van der Waals surface area contributed by atoms with Crippen molar-refractivity contribution in [2.24, 2.45) is 0 Å². The third-order valence-corrected chi connectivity index (χ3v) is 2.68. The van der Waals surface area contributed by atoms with Gasteiger partial charge in [-0.2, -0.15) is 0 Å². The lowest BCUT2D eigenvalue weighted by Crippen LogP contribution is -2.19. The summed E-state index contributed by atoms with van der Waals surface area (Å²) in [5.41, 5.74) is 6.64. The number of imidazole rings is 1. The summed E-state index contributed by atoms with van der Waals surface area (Å²) in [5, 5.41) is 0. The topological polar surface area (TPSA) is 60.0 Å². The molecule has 0 unspecified atom stereocenters. The predicted octanol–water partition coefficient (Wildman–Crippen LogP) is 1.39. The minimum absolute atomic E-state index is 0.556. The Morgan fingerprint density at radius 2 is 2.29 bits per heavy atom. The van der Waals surface area contributed by atoms with E-state index in [-0.39, 0.29) is 0 Å². The van der Waals surface area contributed by atoms with Gasteiger partial charge in [0.15, 0.2) is 0 Å². The first kappa shape index (κ1) is 11.4. The molecule has 17 heavy (non-hydrogen) atoms. The molecule has 0 aromatic carbocycles. The molecule has 2 N–H and O–H groups in total. The number of pyridine rings is 1. The van der Waals surface area contributed by atoms with Crippen molar-refractivity contribution < 1.29 is 0 Å². The second kappa shape index (κ2) is 5.34. The van der Waals surface area contributed by atoms with Gasteiger partial charge in [0.05, 0.1) is 18.2 Å². The predicted molar refractivity (Wildman–Crippen MR) is 68.8 cm³/mol. The van der Waals surface area contributed by atoms with Gasteiger partial charge in [-0.3, -0.25) is 0 Å². The standard InChI is InChI=1S/C12H17N5/c1-16(11-3-4-12(13)15-9-11)6-2-7-17-8-5-14-10-17/h3-5,8-10H,2,6-7H2,1H3,(H2,13,15). The maximum absolute atomic E-state index is 5.55. The van der Waals surface area contributed by atoms with Crippen LogP contribution in [0.3, 0.4) is 0 Å². The molecule has 0 aliphatic heterocycles. The van der Waals surface area contributed by atoms with E-state index in [1.165, 1.54) is 0 Å². The number of hydrogen-bond donors (Lipinski definition) is 1. The van der Waals surface area contributed by atoms with Crippen molar-refractivity contribution in [3.05, 3.63) is 37.1 Å². The fourth-order valence-corrected chi connectivity index (χ4v) is 1.66. The summed E-state index contributed by atoms with van der Waals surface area (Å²) in [6.07, 6.45) is 8.48. The van der Waals surface area contributed by atoms with Crippen molar-refractivity contribution in [1.29, 1.82) is 0 Å². The van der Waals surface area contributed by atoms with E-state index in [1.54, 1.807) is 12.4 Å². The Balaban J connectivity index is 1.81. The number of nitrogen functional groups attached to an aromatic ring is 1. The van der Waals surface area contributed by atoms with Crippen LogP contribution in [0, 0.1) is 0 Å². The van der Waals surface area contributed by atoms with Gasteiger partial charge in [-0.1, -0.05) is 0 Å². The summed E-state index contributed by atoms with van der Waals surface area (Å²) in [7, 11) is 2.06. The highest BCUT2D eigenvalue weighted by atomic mass is 15.1. The first-order valence-electron chi connectivity index (χ1n) is 5.64. The molecule has 0 atom stereocenters. The molecule has 2 aromatic heterocycles. The van der Waals surface area contributed by atoms with Crippen molar-refractivity contribution in [2.75, 3.05) is 24.2 Å². The summed E-state index contributed by atoms with van der Waals surface area (Å²) in [5.74, 6) is 0.556. The van der Waals surface area contributed by atoms with Crippen LogP contribution in [0.15, 0.2) is 37.1 Å². The van der Waals surface area contributed by atoms with Gasteiger partial charge in [-0.15, -0.1) is 0 Å². The quantitative estimate of drug-likeness (QED) is 0.844. The van der Waals surface area contributed by atoms with Gasteiger partial charge >= 0.3 is 0 Å². The summed E-state index contributed by atoms with van der Waals surface area (Å²) < 4.78 is 2.08. The molecule has 2 aromatic rings. The second-order valence-electron chi connectivity index (χ2n) is 4.02. The van der Waals surface area contributed by atoms with Gasteiger partial charge in [-0.05, 0) is 18.6 Å². The van der Waals surface area contributed by atoms with Crippen molar-refractivity contribution >= 4 is 11.5 Å². The number of anilines is 2. The Morgan fingerprint density at radius 1 is 1.41 bits per heavy atom. The molecule has 0 amide bonds. The molecule has 0 saturated heterocycles. The van der Waals surface area contributed by atoms with Gasteiger partial charge < -0.3 is 15.2 Å². The molecule has 0 saturated carbocycles. The highest BCUT2D eigenvalue weighted by Crippen LogP contribution is 2.12. The highest BCUT2D eigenvalue weighted by Gasteiger charge is 2.00. The van der Waals surface area contributed by atoms with Crippen molar-refractivity contribution in [2.45, 2.75) is 13.0 Å². The van der Waals surface area contributed by atoms with Crippen LogP contribution in [0.5, 0.6) is 0 Å². The zero-order valence-electron chi connectivity index (χ0n) is 9.95. The zero-order chi connectivity index (χ0) is 12.1. The van der Waals surface area contributed by atoms with E-state index < -0.39 is 0 Å². The fraction of sp³-hybridized carbons (Fsp3) is 0.333. The zero-order valence-corrected chi connectivity index (χ0v) is 9.95. The lowest BCUT2D eigenvalue weighted by Gasteiger charge is -2.18. The molecule has 0 fully saturated rings. The van der Waals surface area contributed by atoms with Crippen LogP contribution in [-0.2, 0) is 6.54 Å². The number of aryl methyl sites for hydroxylation is 1. The monoisotopic (exact) mass is 231 g/mol. The molecule has 5 nitrogen and oxygen atoms in total. The average molecular weight is 231 g/mol. The molecule has 0 radical (unpaired) electrons. The maximum atomic E-state index is 5.55. The average Bonchev–Trinajstić information content (AvgIpc) is 2.83. The van der Waals surface area contributed by atoms with E-state index >= 15 is 0 Å². The lowest BCUT2D eigenvalue weighted by atomic mass is 10.3.